The Hall–Kier alpha value is -1.11. The first-order chi connectivity index (χ1) is 13.2. The van der Waals surface area contributed by atoms with Gasteiger partial charge in [-0.05, 0) is 43.8 Å². The summed E-state index contributed by atoms with van der Waals surface area (Å²) in [7, 11) is 0. The number of carboxylic acid groups (broad SMARTS) is 1. The molecule has 0 aromatic carbocycles. The quantitative estimate of drug-likeness (QED) is 0.189. The van der Waals surface area contributed by atoms with Gasteiger partial charge >= 0.3 is 5.97 Å². The van der Waals surface area contributed by atoms with Gasteiger partial charge in [-0.2, -0.15) is 36.2 Å². The van der Waals surface area contributed by atoms with E-state index in [2.05, 4.69) is 28.6 Å². The van der Waals surface area contributed by atoms with Gasteiger partial charge in [0.05, 0.1) is 6.04 Å². The summed E-state index contributed by atoms with van der Waals surface area (Å²) in [4.78, 5) is 47.8. The molecule has 0 aromatic heterocycles. The summed E-state index contributed by atoms with van der Waals surface area (Å²) in [6.07, 6.45) is 4.65. The van der Waals surface area contributed by atoms with E-state index in [0.29, 0.717) is 18.6 Å². The van der Waals surface area contributed by atoms with E-state index in [1.54, 1.807) is 11.8 Å². The summed E-state index contributed by atoms with van der Waals surface area (Å²) in [6, 6.07) is -3.69. The maximum Gasteiger partial charge on any atom is 0.327 e. The number of amides is 3. The molecular weight excluding hydrogens is 424 g/mol. The molecule has 28 heavy (non-hydrogen) atoms. The van der Waals surface area contributed by atoms with Gasteiger partial charge in [0.2, 0.25) is 17.7 Å². The third-order valence-electron chi connectivity index (χ3n) is 3.76. The van der Waals surface area contributed by atoms with Crippen molar-refractivity contribution in [2.24, 2.45) is 5.73 Å². The molecule has 0 radical (unpaired) electrons. The van der Waals surface area contributed by atoms with Crippen molar-refractivity contribution in [3.05, 3.63) is 0 Å². The van der Waals surface area contributed by atoms with Crippen molar-refractivity contribution < 1.29 is 24.3 Å². The number of thioether (sulfide) groups is 2. The first kappa shape index (κ1) is 26.9. The van der Waals surface area contributed by atoms with Crippen LogP contribution in [0.15, 0.2) is 0 Å². The van der Waals surface area contributed by atoms with Crippen molar-refractivity contribution in [1.82, 2.24) is 16.0 Å². The molecule has 0 aliphatic carbocycles. The third-order valence-corrected chi connectivity index (χ3v) is 5.42. The number of carbonyl (C=O) groups excluding carboxylic acids is 3. The molecule has 0 aliphatic rings. The van der Waals surface area contributed by atoms with Gasteiger partial charge in [0.1, 0.15) is 18.1 Å². The maximum absolute atomic E-state index is 12.5. The van der Waals surface area contributed by atoms with Crippen molar-refractivity contribution in [3.63, 3.8) is 0 Å². The van der Waals surface area contributed by atoms with Gasteiger partial charge < -0.3 is 26.8 Å². The molecule has 12 heteroatoms. The van der Waals surface area contributed by atoms with E-state index in [4.69, 9.17) is 10.8 Å². The number of carboxylic acids is 1. The normalized spacial score (nSPS) is 15.0. The Labute approximate surface area is 179 Å². The number of aliphatic carboxylic acids is 1. The number of hydrogen-bond donors (Lipinski definition) is 6. The van der Waals surface area contributed by atoms with Crippen molar-refractivity contribution in [2.75, 3.05) is 29.8 Å². The molecule has 6 N–H and O–H groups in total. The molecule has 0 saturated heterocycles. The number of hydrogen-bond acceptors (Lipinski definition) is 8. The van der Waals surface area contributed by atoms with Crippen LogP contribution in [-0.2, 0) is 19.2 Å². The summed E-state index contributed by atoms with van der Waals surface area (Å²) in [5, 5.41) is 16.4. The minimum Gasteiger partial charge on any atom is -0.480 e. The zero-order chi connectivity index (χ0) is 21.7. The number of thiol groups is 1. The van der Waals surface area contributed by atoms with E-state index in [1.165, 1.54) is 18.7 Å². The molecule has 0 fully saturated rings. The van der Waals surface area contributed by atoms with Crippen LogP contribution in [0, 0.1) is 0 Å². The largest absolute Gasteiger partial charge is 0.480 e. The van der Waals surface area contributed by atoms with E-state index in [-0.39, 0.29) is 5.75 Å². The van der Waals surface area contributed by atoms with E-state index >= 15 is 0 Å². The molecule has 0 spiro atoms. The Balaban J connectivity index is 4.88. The lowest BCUT2D eigenvalue weighted by Crippen LogP contribution is -2.56. The van der Waals surface area contributed by atoms with Crippen LogP contribution in [0.25, 0.3) is 0 Å². The Morgan fingerprint density at radius 2 is 1.46 bits per heavy atom. The molecule has 9 nitrogen and oxygen atoms in total. The minimum atomic E-state index is -1.22. The Morgan fingerprint density at radius 3 is 1.96 bits per heavy atom. The van der Waals surface area contributed by atoms with Crippen LogP contribution in [-0.4, -0.2) is 82.7 Å². The molecule has 4 atom stereocenters. The van der Waals surface area contributed by atoms with Gasteiger partial charge in [0.15, 0.2) is 0 Å². The van der Waals surface area contributed by atoms with Gasteiger partial charge in [0, 0.05) is 5.75 Å². The second kappa shape index (κ2) is 14.8. The number of carbonyl (C=O) groups is 4. The average Bonchev–Trinajstić information content (AvgIpc) is 2.66. The van der Waals surface area contributed by atoms with E-state index < -0.39 is 47.9 Å². The third kappa shape index (κ3) is 10.4. The minimum absolute atomic E-state index is 0.0813. The Bertz CT molecular complexity index is 538. The number of nitrogens with one attached hydrogen (secondary N) is 3. The highest BCUT2D eigenvalue weighted by Crippen LogP contribution is 2.04. The van der Waals surface area contributed by atoms with Crippen molar-refractivity contribution in [1.29, 1.82) is 0 Å². The summed E-state index contributed by atoms with van der Waals surface area (Å²) >= 11 is 6.96. The number of rotatable bonds is 14. The molecule has 0 saturated carbocycles. The van der Waals surface area contributed by atoms with Crippen LogP contribution in [0.2, 0.25) is 0 Å². The van der Waals surface area contributed by atoms with Crippen molar-refractivity contribution in [2.45, 2.75) is 43.9 Å². The lowest BCUT2D eigenvalue weighted by Gasteiger charge is -2.23. The average molecular weight is 455 g/mol. The van der Waals surface area contributed by atoms with Crippen LogP contribution < -0.4 is 21.7 Å². The van der Waals surface area contributed by atoms with Gasteiger partial charge in [-0.25, -0.2) is 4.79 Å². The highest BCUT2D eigenvalue weighted by atomic mass is 32.2. The highest BCUT2D eigenvalue weighted by Gasteiger charge is 2.27. The van der Waals surface area contributed by atoms with Crippen LogP contribution in [0.1, 0.15) is 19.8 Å². The van der Waals surface area contributed by atoms with Crippen LogP contribution in [0.3, 0.4) is 0 Å². The molecule has 4 unspecified atom stereocenters. The summed E-state index contributed by atoms with van der Waals surface area (Å²) in [6.45, 7) is 1.43. The monoisotopic (exact) mass is 454 g/mol. The van der Waals surface area contributed by atoms with Crippen LogP contribution in [0.5, 0.6) is 0 Å². The fourth-order valence-corrected chi connectivity index (χ4v) is 3.23. The van der Waals surface area contributed by atoms with Gasteiger partial charge in [-0.3, -0.25) is 14.4 Å². The molecular formula is C16H30N4O5S3. The Morgan fingerprint density at radius 1 is 0.929 bits per heavy atom. The van der Waals surface area contributed by atoms with Gasteiger partial charge in [-0.1, -0.05) is 0 Å². The predicted octanol–water partition coefficient (Wildman–Crippen LogP) is -0.691. The van der Waals surface area contributed by atoms with Gasteiger partial charge in [-0.15, -0.1) is 0 Å². The van der Waals surface area contributed by atoms with E-state index in [1.807, 2.05) is 12.5 Å². The Kier molecular flexibility index (Phi) is 14.2. The van der Waals surface area contributed by atoms with Crippen molar-refractivity contribution in [3.8, 4) is 0 Å². The SMILES string of the molecule is CSCCC(N)C(=O)NC(CCSC)C(=O)NC(C)C(=O)NC(CS)C(=O)O. The topological polar surface area (TPSA) is 151 Å². The first-order valence-electron chi connectivity index (χ1n) is 8.66. The fraction of sp³-hybridized carbons (Fsp3) is 0.750. The molecule has 3 amide bonds. The second-order valence-corrected chi connectivity index (χ2v) is 8.38. The second-order valence-electron chi connectivity index (χ2n) is 6.04. The molecule has 0 aromatic rings. The maximum atomic E-state index is 12.5. The molecule has 0 heterocycles. The highest BCUT2D eigenvalue weighted by molar-refractivity contribution is 7.98. The lowest BCUT2D eigenvalue weighted by atomic mass is 10.1. The summed E-state index contributed by atoms with van der Waals surface area (Å²) in [5.41, 5.74) is 5.84. The summed E-state index contributed by atoms with van der Waals surface area (Å²) < 4.78 is 0. The lowest BCUT2D eigenvalue weighted by molar-refractivity contribution is -0.141. The van der Waals surface area contributed by atoms with Crippen molar-refractivity contribution >= 4 is 59.8 Å². The molecule has 0 bridgehead atoms. The van der Waals surface area contributed by atoms with Crippen LogP contribution in [0.4, 0.5) is 0 Å². The predicted molar refractivity (Wildman–Crippen MR) is 117 cm³/mol. The molecule has 162 valence electrons. The number of nitrogens with two attached hydrogens (primary N) is 1. The van der Waals surface area contributed by atoms with E-state index in [9.17, 15) is 19.2 Å². The molecule has 0 rings (SSSR count). The smallest absolute Gasteiger partial charge is 0.327 e. The first-order valence-corrected chi connectivity index (χ1v) is 12.1. The van der Waals surface area contributed by atoms with Crippen LogP contribution >= 0.6 is 36.2 Å². The molecule has 0 aliphatic heterocycles. The van der Waals surface area contributed by atoms with E-state index in [0.717, 1.165) is 5.75 Å². The summed E-state index contributed by atoms with van der Waals surface area (Å²) in [5.74, 6) is -1.55. The fourth-order valence-electron chi connectivity index (χ4n) is 2.02. The standard InChI is InChI=1S/C16H30N4O5S3/c1-9(13(21)20-12(8-26)16(24)25)18-15(23)11(5-7-28-3)19-14(22)10(17)4-6-27-2/h9-12,26H,4-8,17H2,1-3H3,(H,18,23)(H,19,22)(H,20,21)(H,24,25). The zero-order valence-electron chi connectivity index (χ0n) is 16.3. The van der Waals surface area contributed by atoms with Gasteiger partial charge in [0.25, 0.3) is 0 Å². The zero-order valence-corrected chi connectivity index (χ0v) is 18.8.